The number of hydrogen-bond acceptors (Lipinski definition) is 20. The van der Waals surface area contributed by atoms with E-state index >= 15 is 0 Å². The van der Waals surface area contributed by atoms with Crippen molar-refractivity contribution in [3.63, 3.8) is 0 Å². The van der Waals surface area contributed by atoms with Crippen LogP contribution in [0.1, 0.15) is 5.56 Å². The van der Waals surface area contributed by atoms with Crippen LogP contribution in [-0.2, 0) is 6.54 Å². The van der Waals surface area contributed by atoms with Crippen molar-refractivity contribution in [2.45, 2.75) is 31.2 Å². The molecule has 0 spiro atoms. The second-order valence-electron chi connectivity index (χ2n) is 14.8. The molecule has 0 bridgehead atoms. The van der Waals surface area contributed by atoms with Crippen LogP contribution in [0.15, 0.2) is 129 Å². The Morgan fingerprint density at radius 1 is 0.500 bits per heavy atom. The highest BCUT2D eigenvalue weighted by molar-refractivity contribution is 9.10. The SMILES string of the molecule is Clc1ncc(Br)cn1.FC(F)(F)COc1ncc(Br)cn1.O=c1ccc(-c2cnc(OCC(F)(F)F)nc2)n[nH]1.O=c1ccc(-c2cnc(OCC(F)(F)F)nc2)nn1Cc1ccc(Cl)cc1.OB(O)c1cnc(OCC(F)(F)F)nc1. The predicted octanol–water partition coefficient (Wildman–Crippen LogP) is 7.68. The molecule has 0 radical (unpaired) electrons. The molecular formula is C43H31BBr2Cl2F12N14O8. The second kappa shape index (κ2) is 31.5. The monoisotopic (exact) mass is 1340 g/mol. The Bertz CT molecular complexity index is 3270. The first-order valence-corrected chi connectivity index (χ1v) is 23.8. The number of benzene rings is 1. The summed E-state index contributed by atoms with van der Waals surface area (Å²) in [5.74, 6) is 0. The van der Waals surface area contributed by atoms with Crippen LogP contribution in [0.2, 0.25) is 10.3 Å². The van der Waals surface area contributed by atoms with Gasteiger partial charge in [0.15, 0.2) is 26.4 Å². The summed E-state index contributed by atoms with van der Waals surface area (Å²) >= 11 is 17.4. The van der Waals surface area contributed by atoms with Crippen molar-refractivity contribution < 1.29 is 81.7 Å². The maximum absolute atomic E-state index is 12.1. The van der Waals surface area contributed by atoms with Crippen molar-refractivity contribution in [1.82, 2.24) is 69.8 Å². The van der Waals surface area contributed by atoms with Crippen LogP contribution in [0.25, 0.3) is 22.5 Å². The third kappa shape index (κ3) is 27.6. The van der Waals surface area contributed by atoms with Crippen LogP contribution in [0.5, 0.6) is 24.0 Å². The Balaban J connectivity index is 0.000000232. The standard InChI is InChI=1S/C17H12ClF3N4O2.C10H7F3N4O2.C6H6BF3N2O3.C6H4BrF3N2O.C4H2BrClN2/c18-13-3-1-11(2-4-13)9-25-15(26)6-5-14(24-25)12-7-22-16(23-8-12)27-10-17(19,20)21;11-10(12,13)5-19-9-14-3-6(4-15-9)7-1-2-8(18)17-16-7;8-6(9,10)3-15-5-11-1-4(2-12-5)7(13)14;7-4-1-11-5(12-2-4)13-3-6(8,9)10;5-3-1-7-4(6)8-2-3/h1-8H,9-10H2;1-4H,5H2,(H,17,18);1-2,13-14H,3H2;1-2H,3H2;1-2H. The molecule has 0 aliphatic rings. The molecule has 8 aromatic rings. The van der Waals surface area contributed by atoms with Gasteiger partial charge in [-0.1, -0.05) is 23.7 Å². The summed E-state index contributed by atoms with van der Waals surface area (Å²) < 4.78 is 162. The van der Waals surface area contributed by atoms with Crippen LogP contribution in [-0.4, -0.2) is 138 Å². The third-order valence-corrected chi connectivity index (χ3v) is 9.50. The number of alkyl halides is 12. The highest BCUT2D eigenvalue weighted by atomic mass is 79.9. The predicted molar refractivity (Wildman–Crippen MR) is 268 cm³/mol. The molecule has 0 aliphatic heterocycles. The molecule has 0 saturated carbocycles. The van der Waals surface area contributed by atoms with E-state index in [1.54, 1.807) is 36.7 Å². The summed E-state index contributed by atoms with van der Waals surface area (Å²) in [6.07, 6.45) is -4.97. The molecule has 82 heavy (non-hydrogen) atoms. The topological polar surface area (TPSA) is 287 Å². The first-order valence-electron chi connectivity index (χ1n) is 21.5. The Hall–Kier alpha value is -7.74. The largest absolute Gasteiger partial charge is 0.491 e. The molecule has 0 unspecified atom stereocenters. The lowest BCUT2D eigenvalue weighted by Crippen LogP contribution is -2.30. The molecule has 39 heteroatoms. The van der Waals surface area contributed by atoms with E-state index in [1.807, 2.05) is 0 Å². The molecule has 0 atom stereocenters. The average Bonchev–Trinajstić information content (AvgIpc) is 3.49. The van der Waals surface area contributed by atoms with Crippen molar-refractivity contribution in [2.24, 2.45) is 0 Å². The van der Waals surface area contributed by atoms with E-state index in [-0.39, 0.29) is 40.4 Å². The van der Waals surface area contributed by atoms with E-state index in [2.05, 4.69) is 116 Å². The number of nitrogens with one attached hydrogen (secondary N) is 1. The molecule has 436 valence electrons. The summed E-state index contributed by atoms with van der Waals surface area (Å²) in [5, 5.41) is 28.3. The minimum atomic E-state index is -4.47. The van der Waals surface area contributed by atoms with Crippen LogP contribution >= 0.6 is 55.1 Å². The minimum Gasteiger partial charge on any atom is -0.454 e. The van der Waals surface area contributed by atoms with Crippen molar-refractivity contribution in [2.75, 3.05) is 26.4 Å². The van der Waals surface area contributed by atoms with Crippen molar-refractivity contribution >= 4 is 67.6 Å². The summed E-state index contributed by atoms with van der Waals surface area (Å²) in [5.41, 5.74) is 1.78. The van der Waals surface area contributed by atoms with Gasteiger partial charge in [-0.25, -0.2) is 59.6 Å². The second-order valence-corrected chi connectivity index (χ2v) is 17.4. The average molecular weight is 1340 g/mol. The molecule has 0 amide bonds. The van der Waals surface area contributed by atoms with Gasteiger partial charge >= 0.3 is 55.9 Å². The highest BCUT2D eigenvalue weighted by Crippen LogP contribution is 2.21. The number of nitrogens with zero attached hydrogens (tertiary/aromatic N) is 13. The van der Waals surface area contributed by atoms with E-state index in [0.717, 1.165) is 22.4 Å². The van der Waals surface area contributed by atoms with Gasteiger partial charge in [0.2, 0.25) is 5.28 Å². The van der Waals surface area contributed by atoms with E-state index in [9.17, 15) is 62.3 Å². The smallest absolute Gasteiger partial charge is 0.454 e. The summed E-state index contributed by atoms with van der Waals surface area (Å²) in [7, 11) is -1.76. The van der Waals surface area contributed by atoms with Crippen molar-refractivity contribution in [3.05, 3.63) is 156 Å². The summed E-state index contributed by atoms with van der Waals surface area (Å²) in [6, 6.07) is 10.9. The minimum absolute atomic E-state index is 0.0330. The lowest BCUT2D eigenvalue weighted by molar-refractivity contribution is -0.155. The van der Waals surface area contributed by atoms with Gasteiger partial charge in [-0.15, -0.1) is 0 Å². The maximum atomic E-state index is 12.1. The summed E-state index contributed by atoms with van der Waals surface area (Å²) in [6.45, 7) is -5.57. The molecule has 0 fully saturated rings. The van der Waals surface area contributed by atoms with E-state index < -0.39 is 70.3 Å². The fourth-order valence-corrected chi connectivity index (χ4v) is 5.45. The maximum Gasteiger partial charge on any atom is 0.491 e. The Kier molecular flexibility index (Phi) is 25.6. The Morgan fingerprint density at radius 2 is 0.866 bits per heavy atom. The quantitative estimate of drug-likeness (QED) is 0.0566. The fraction of sp³-hybridized carbons (Fsp3) is 0.209. The van der Waals surface area contributed by atoms with Gasteiger partial charge in [-0.3, -0.25) is 9.59 Å². The number of aromatic amines is 1. The fourth-order valence-electron chi connectivity index (χ4n) is 4.82. The van der Waals surface area contributed by atoms with Gasteiger partial charge in [0.1, 0.15) is 0 Å². The van der Waals surface area contributed by atoms with Gasteiger partial charge in [0.25, 0.3) is 11.1 Å². The highest BCUT2D eigenvalue weighted by Gasteiger charge is 2.31. The number of ether oxygens (including phenoxy) is 4. The van der Waals surface area contributed by atoms with Crippen LogP contribution in [0.3, 0.4) is 0 Å². The van der Waals surface area contributed by atoms with Crippen LogP contribution in [0, 0.1) is 0 Å². The molecule has 22 nitrogen and oxygen atoms in total. The molecular weight excluding hydrogens is 1310 g/mol. The lowest BCUT2D eigenvalue weighted by atomic mass is 9.83. The Labute approximate surface area is 477 Å². The number of H-pyrrole nitrogens is 1. The van der Waals surface area contributed by atoms with Crippen molar-refractivity contribution in [1.29, 1.82) is 0 Å². The lowest BCUT2D eigenvalue weighted by Gasteiger charge is -2.09. The zero-order valence-corrected chi connectivity index (χ0v) is 44.9. The number of aromatic nitrogens is 14. The van der Waals surface area contributed by atoms with Gasteiger partial charge in [0.05, 0.1) is 26.9 Å². The van der Waals surface area contributed by atoms with E-state index in [1.165, 1.54) is 66.1 Å². The Morgan fingerprint density at radius 3 is 1.23 bits per heavy atom. The number of hydrogen-bond donors (Lipinski definition) is 3. The van der Waals surface area contributed by atoms with Gasteiger partial charge < -0.3 is 29.0 Å². The molecule has 0 aliphatic carbocycles. The van der Waals surface area contributed by atoms with E-state index in [4.69, 9.17) is 33.2 Å². The van der Waals surface area contributed by atoms with Crippen molar-refractivity contribution in [3.8, 4) is 46.6 Å². The first-order chi connectivity index (χ1) is 38.4. The first kappa shape index (κ1) is 66.8. The molecule has 0 saturated heterocycles. The molecule has 8 rings (SSSR count). The molecule has 7 heterocycles. The van der Waals surface area contributed by atoms with Crippen LogP contribution in [0.4, 0.5) is 52.7 Å². The molecule has 7 aromatic heterocycles. The van der Waals surface area contributed by atoms with E-state index in [0.29, 0.717) is 32.0 Å². The van der Waals surface area contributed by atoms with Gasteiger partial charge in [-0.2, -0.15) is 62.9 Å². The summed E-state index contributed by atoms with van der Waals surface area (Å²) in [4.78, 5) is 58.6. The zero-order valence-electron chi connectivity index (χ0n) is 40.2. The van der Waals surface area contributed by atoms with Gasteiger partial charge in [-0.05, 0) is 73.3 Å². The third-order valence-electron chi connectivity index (χ3n) is 8.23. The molecule has 3 N–H and O–H groups in total. The molecule has 1 aromatic carbocycles. The number of rotatable bonds is 13. The van der Waals surface area contributed by atoms with Crippen LogP contribution < -0.4 is 35.5 Å². The number of halogens is 16. The van der Waals surface area contributed by atoms with Gasteiger partial charge in [0, 0.05) is 95.7 Å². The normalized spacial score (nSPS) is 11.1. The zero-order chi connectivity index (χ0) is 60.7.